The lowest BCUT2D eigenvalue weighted by Crippen LogP contribution is -2.58. The lowest BCUT2D eigenvalue weighted by Gasteiger charge is -2.47. The van der Waals surface area contributed by atoms with Crippen LogP contribution in [0.4, 0.5) is 5.82 Å². The Morgan fingerprint density at radius 1 is 1.23 bits per heavy atom. The molecule has 2 aliphatic rings. The first-order valence-corrected chi connectivity index (χ1v) is 9.72. The molecule has 0 spiro atoms. The lowest BCUT2D eigenvalue weighted by molar-refractivity contribution is 0.0596. The van der Waals surface area contributed by atoms with E-state index >= 15 is 0 Å². The fourth-order valence-electron chi connectivity index (χ4n) is 4.46. The lowest BCUT2D eigenvalue weighted by atomic mass is 9.98. The van der Waals surface area contributed by atoms with Crippen molar-refractivity contribution in [3.05, 3.63) is 22.9 Å². The maximum absolute atomic E-state index is 9.60. The Hall–Kier alpha value is -1.68. The minimum Gasteiger partial charge on any atom is -0.396 e. The Bertz CT molecular complexity index is 663. The molecular weight excluding hydrogens is 326 g/mol. The van der Waals surface area contributed by atoms with E-state index < -0.39 is 0 Å². The summed E-state index contributed by atoms with van der Waals surface area (Å²) in [5, 5.41) is 19.2. The van der Waals surface area contributed by atoms with Gasteiger partial charge in [0.1, 0.15) is 11.9 Å². The third-order valence-corrected chi connectivity index (χ3v) is 5.88. The van der Waals surface area contributed by atoms with Crippen LogP contribution in [0.25, 0.3) is 0 Å². The molecule has 0 aromatic carbocycles. The van der Waals surface area contributed by atoms with E-state index in [1.807, 2.05) is 19.9 Å². The minimum atomic E-state index is 0.201. The maximum Gasteiger partial charge on any atom is 0.147 e. The van der Waals surface area contributed by atoms with Gasteiger partial charge in [-0.05, 0) is 64.9 Å². The molecule has 2 saturated heterocycles. The van der Waals surface area contributed by atoms with Gasteiger partial charge >= 0.3 is 0 Å². The molecule has 2 fully saturated rings. The molecule has 3 heterocycles. The summed E-state index contributed by atoms with van der Waals surface area (Å²) in [6.45, 7) is 9.15. The summed E-state index contributed by atoms with van der Waals surface area (Å²) >= 11 is 0. The number of aromatic nitrogens is 1. The summed E-state index contributed by atoms with van der Waals surface area (Å²) in [5.41, 5.74) is 2.63. The maximum atomic E-state index is 9.60. The highest BCUT2D eigenvalue weighted by atomic mass is 16.3. The first kappa shape index (κ1) is 19.1. The largest absolute Gasteiger partial charge is 0.396 e. The van der Waals surface area contributed by atoms with Gasteiger partial charge in [-0.15, -0.1) is 0 Å². The molecule has 0 saturated carbocycles. The van der Waals surface area contributed by atoms with Crippen molar-refractivity contribution in [2.75, 3.05) is 51.3 Å². The number of aryl methyl sites for hydroxylation is 2. The van der Waals surface area contributed by atoms with E-state index in [0.717, 1.165) is 56.2 Å². The molecule has 3 rings (SSSR count). The van der Waals surface area contributed by atoms with Crippen LogP contribution in [0.1, 0.15) is 36.1 Å². The zero-order chi connectivity index (χ0) is 18.7. The molecule has 0 bridgehead atoms. The molecule has 1 atom stereocenters. The second-order valence-corrected chi connectivity index (χ2v) is 7.78. The Balaban J connectivity index is 1.79. The smallest absolute Gasteiger partial charge is 0.147 e. The van der Waals surface area contributed by atoms with Crippen molar-refractivity contribution in [1.82, 2.24) is 14.8 Å². The third-order valence-electron chi connectivity index (χ3n) is 5.88. The van der Waals surface area contributed by atoms with Crippen molar-refractivity contribution in [2.45, 2.75) is 45.2 Å². The number of hydrogen-bond donors (Lipinski definition) is 1. The van der Waals surface area contributed by atoms with Gasteiger partial charge in [-0.2, -0.15) is 5.26 Å². The van der Waals surface area contributed by atoms with E-state index in [4.69, 9.17) is 0 Å². The zero-order valence-corrected chi connectivity index (χ0v) is 16.3. The molecule has 26 heavy (non-hydrogen) atoms. The topological polar surface area (TPSA) is 66.6 Å². The number of aliphatic hydroxyl groups excluding tert-OH is 1. The van der Waals surface area contributed by atoms with Crippen LogP contribution in [0.5, 0.6) is 0 Å². The van der Waals surface area contributed by atoms with Crippen LogP contribution in [0.3, 0.4) is 0 Å². The van der Waals surface area contributed by atoms with Crippen molar-refractivity contribution >= 4 is 5.82 Å². The van der Waals surface area contributed by atoms with E-state index in [1.54, 1.807) is 0 Å². The van der Waals surface area contributed by atoms with Gasteiger partial charge in [0, 0.05) is 44.0 Å². The highest BCUT2D eigenvalue weighted by molar-refractivity contribution is 5.58. The molecule has 0 unspecified atom stereocenters. The quantitative estimate of drug-likeness (QED) is 0.882. The first-order valence-electron chi connectivity index (χ1n) is 9.72. The van der Waals surface area contributed by atoms with Crippen molar-refractivity contribution in [3.63, 3.8) is 0 Å². The van der Waals surface area contributed by atoms with Gasteiger partial charge in [0.25, 0.3) is 0 Å². The number of hydrogen-bond acceptors (Lipinski definition) is 6. The fourth-order valence-corrected chi connectivity index (χ4v) is 4.46. The number of pyridine rings is 1. The number of piperazine rings is 1. The predicted octanol–water partition coefficient (Wildman–Crippen LogP) is 1.54. The number of anilines is 1. The standard InChI is InChI=1S/C20H31N5O/c1-15-12-16(2)22-20(19(15)13-21)24-9-10-25(18(14-24)6-11-26)17-4-7-23(3)8-5-17/h12,17-18,26H,4-11,14H2,1-3H3/t18-/m0/s1. The van der Waals surface area contributed by atoms with E-state index in [0.29, 0.717) is 17.6 Å². The number of nitrogens with zero attached hydrogens (tertiary/aromatic N) is 5. The summed E-state index contributed by atoms with van der Waals surface area (Å²) < 4.78 is 0. The summed E-state index contributed by atoms with van der Waals surface area (Å²) in [5.74, 6) is 0.816. The molecule has 6 heteroatoms. The van der Waals surface area contributed by atoms with Gasteiger partial charge in [-0.25, -0.2) is 4.98 Å². The van der Waals surface area contributed by atoms with Crippen molar-refractivity contribution in [3.8, 4) is 6.07 Å². The molecular formula is C20H31N5O. The van der Waals surface area contributed by atoms with Gasteiger partial charge in [0.2, 0.25) is 0 Å². The molecule has 0 radical (unpaired) electrons. The fraction of sp³-hybridized carbons (Fsp3) is 0.700. The van der Waals surface area contributed by atoms with E-state index in [2.05, 4.69) is 32.8 Å². The van der Waals surface area contributed by atoms with Crippen molar-refractivity contribution in [1.29, 1.82) is 5.26 Å². The number of nitriles is 1. The molecule has 2 aliphatic heterocycles. The molecule has 0 aliphatic carbocycles. The van der Waals surface area contributed by atoms with Gasteiger partial charge in [0.15, 0.2) is 0 Å². The predicted molar refractivity (Wildman–Crippen MR) is 103 cm³/mol. The third kappa shape index (κ3) is 4.01. The number of rotatable bonds is 4. The van der Waals surface area contributed by atoms with Crippen LogP contribution in [0.2, 0.25) is 0 Å². The summed E-state index contributed by atoms with van der Waals surface area (Å²) in [6, 6.07) is 5.24. The summed E-state index contributed by atoms with van der Waals surface area (Å²) in [7, 11) is 2.19. The Morgan fingerprint density at radius 2 is 1.96 bits per heavy atom. The van der Waals surface area contributed by atoms with Crippen LogP contribution in [-0.4, -0.2) is 78.4 Å². The van der Waals surface area contributed by atoms with Crippen molar-refractivity contribution < 1.29 is 5.11 Å². The van der Waals surface area contributed by atoms with Crippen LogP contribution < -0.4 is 4.90 Å². The Kier molecular flexibility index (Phi) is 6.13. The van der Waals surface area contributed by atoms with E-state index in [-0.39, 0.29) is 6.61 Å². The van der Waals surface area contributed by atoms with Crippen LogP contribution >= 0.6 is 0 Å². The monoisotopic (exact) mass is 357 g/mol. The highest BCUT2D eigenvalue weighted by Crippen LogP contribution is 2.28. The van der Waals surface area contributed by atoms with Crippen LogP contribution in [0, 0.1) is 25.2 Å². The number of piperidine rings is 1. The highest BCUT2D eigenvalue weighted by Gasteiger charge is 2.34. The number of likely N-dealkylation sites (tertiary alicyclic amines) is 1. The summed E-state index contributed by atoms with van der Waals surface area (Å²) in [4.78, 5) is 11.9. The normalized spacial score (nSPS) is 23.2. The second kappa shape index (κ2) is 8.34. The van der Waals surface area contributed by atoms with Crippen molar-refractivity contribution in [2.24, 2.45) is 0 Å². The van der Waals surface area contributed by atoms with Gasteiger partial charge in [-0.3, -0.25) is 4.90 Å². The average molecular weight is 358 g/mol. The molecule has 1 aromatic rings. The van der Waals surface area contributed by atoms with E-state index in [9.17, 15) is 10.4 Å². The zero-order valence-electron chi connectivity index (χ0n) is 16.3. The Labute approximate surface area is 157 Å². The summed E-state index contributed by atoms with van der Waals surface area (Å²) in [6.07, 6.45) is 3.17. The molecule has 142 valence electrons. The Morgan fingerprint density at radius 3 is 2.62 bits per heavy atom. The van der Waals surface area contributed by atoms with Gasteiger partial charge in [-0.1, -0.05) is 0 Å². The minimum absolute atomic E-state index is 0.201. The first-order chi connectivity index (χ1) is 12.5. The molecule has 1 aromatic heterocycles. The SMILES string of the molecule is Cc1cc(C)c(C#N)c(N2CCN(C3CCN(C)CC3)[C@@H](CCO)C2)n1. The molecule has 6 nitrogen and oxygen atoms in total. The average Bonchev–Trinajstić information content (AvgIpc) is 2.62. The van der Waals surface area contributed by atoms with Gasteiger partial charge < -0.3 is 14.9 Å². The van der Waals surface area contributed by atoms with Gasteiger partial charge in [0.05, 0.1) is 5.56 Å². The van der Waals surface area contributed by atoms with Crippen LogP contribution in [-0.2, 0) is 0 Å². The van der Waals surface area contributed by atoms with E-state index in [1.165, 1.54) is 12.8 Å². The molecule has 1 N–H and O–H groups in total. The second-order valence-electron chi connectivity index (χ2n) is 7.78. The molecule has 0 amide bonds. The number of aliphatic hydroxyl groups is 1. The van der Waals surface area contributed by atoms with Crippen LogP contribution in [0.15, 0.2) is 6.07 Å².